The van der Waals surface area contributed by atoms with Crippen LogP contribution < -0.4 is 5.32 Å². The molecule has 0 aromatic heterocycles. The standard InChI is InChI=1S/C14H20ClFN2O2S/c1-3-17-8-11-6-12(7-13(16)14(11)15)21(19,20)18-5-4-10(2)9-18/h6-7,10,17H,3-5,8-9H2,1-2H3. The third-order valence-corrected chi connectivity index (χ3v) is 5.93. The van der Waals surface area contributed by atoms with Crippen molar-refractivity contribution in [2.24, 2.45) is 5.92 Å². The Labute approximate surface area is 130 Å². The first-order valence-corrected chi connectivity index (χ1v) is 8.86. The summed E-state index contributed by atoms with van der Waals surface area (Å²) in [6.45, 7) is 5.92. The molecule has 1 saturated heterocycles. The molecule has 1 aliphatic rings. The van der Waals surface area contributed by atoms with Gasteiger partial charge in [0.1, 0.15) is 5.82 Å². The van der Waals surface area contributed by atoms with E-state index in [4.69, 9.17) is 11.6 Å². The van der Waals surface area contributed by atoms with Crippen molar-refractivity contribution < 1.29 is 12.8 Å². The average Bonchev–Trinajstić information content (AvgIpc) is 2.87. The summed E-state index contributed by atoms with van der Waals surface area (Å²) in [6, 6.07) is 2.47. The third kappa shape index (κ3) is 3.56. The lowest BCUT2D eigenvalue weighted by Gasteiger charge is -2.17. The molecule has 0 bridgehead atoms. The first-order chi connectivity index (χ1) is 9.86. The van der Waals surface area contributed by atoms with Gasteiger partial charge in [-0.15, -0.1) is 0 Å². The second-order valence-electron chi connectivity index (χ2n) is 5.42. The molecule has 1 aliphatic heterocycles. The van der Waals surface area contributed by atoms with E-state index < -0.39 is 15.8 Å². The summed E-state index contributed by atoms with van der Waals surface area (Å²) >= 11 is 5.91. The number of halogens is 2. The quantitative estimate of drug-likeness (QED) is 0.900. The largest absolute Gasteiger partial charge is 0.313 e. The summed E-state index contributed by atoms with van der Waals surface area (Å²) in [5.41, 5.74) is 0.462. The fourth-order valence-corrected chi connectivity index (χ4v) is 4.23. The molecule has 4 nitrogen and oxygen atoms in total. The lowest BCUT2D eigenvalue weighted by Crippen LogP contribution is -2.29. The molecule has 0 saturated carbocycles. The van der Waals surface area contributed by atoms with Crippen LogP contribution in [0.3, 0.4) is 0 Å². The fourth-order valence-electron chi connectivity index (χ4n) is 2.42. The Balaban J connectivity index is 2.37. The topological polar surface area (TPSA) is 49.4 Å². The highest BCUT2D eigenvalue weighted by Gasteiger charge is 2.31. The van der Waals surface area contributed by atoms with E-state index in [-0.39, 0.29) is 9.92 Å². The van der Waals surface area contributed by atoms with Crippen molar-refractivity contribution in [3.8, 4) is 0 Å². The molecule has 0 aliphatic carbocycles. The minimum Gasteiger partial charge on any atom is -0.313 e. The van der Waals surface area contributed by atoms with Gasteiger partial charge in [0, 0.05) is 19.6 Å². The Kier molecular flexibility index (Phi) is 5.24. The number of nitrogens with one attached hydrogen (secondary N) is 1. The molecule has 7 heteroatoms. The van der Waals surface area contributed by atoms with Crippen LogP contribution in [-0.2, 0) is 16.6 Å². The maximum Gasteiger partial charge on any atom is 0.243 e. The Hall–Kier alpha value is -0.690. The molecule has 1 heterocycles. The van der Waals surface area contributed by atoms with E-state index in [1.807, 2.05) is 13.8 Å². The van der Waals surface area contributed by atoms with Crippen LogP contribution in [-0.4, -0.2) is 32.4 Å². The summed E-state index contributed by atoms with van der Waals surface area (Å²) in [4.78, 5) is -0.0218. The summed E-state index contributed by atoms with van der Waals surface area (Å²) in [7, 11) is -3.65. The highest BCUT2D eigenvalue weighted by molar-refractivity contribution is 7.89. The molecule has 2 rings (SSSR count). The van der Waals surface area contributed by atoms with Crippen LogP contribution in [0.5, 0.6) is 0 Å². The van der Waals surface area contributed by atoms with Gasteiger partial charge in [-0.05, 0) is 36.6 Å². The van der Waals surface area contributed by atoms with Crippen LogP contribution in [0.2, 0.25) is 5.02 Å². The SMILES string of the molecule is CCNCc1cc(S(=O)(=O)N2CCC(C)C2)cc(F)c1Cl. The number of rotatable bonds is 5. The van der Waals surface area contributed by atoms with Crippen LogP contribution >= 0.6 is 11.6 Å². The molecule has 1 aromatic carbocycles. The fraction of sp³-hybridized carbons (Fsp3) is 0.571. The second kappa shape index (κ2) is 6.60. The Morgan fingerprint density at radius 3 is 2.76 bits per heavy atom. The van der Waals surface area contributed by atoms with Crippen LogP contribution in [0.25, 0.3) is 0 Å². The van der Waals surface area contributed by atoms with Crippen molar-refractivity contribution in [1.82, 2.24) is 9.62 Å². The molecule has 1 atom stereocenters. The lowest BCUT2D eigenvalue weighted by molar-refractivity contribution is 0.463. The van der Waals surface area contributed by atoms with E-state index in [2.05, 4.69) is 5.32 Å². The van der Waals surface area contributed by atoms with Crippen LogP contribution in [0, 0.1) is 11.7 Å². The van der Waals surface area contributed by atoms with Gasteiger partial charge in [-0.2, -0.15) is 4.31 Å². The van der Waals surface area contributed by atoms with Crippen molar-refractivity contribution in [2.75, 3.05) is 19.6 Å². The lowest BCUT2D eigenvalue weighted by atomic mass is 10.2. The van der Waals surface area contributed by atoms with Crippen molar-refractivity contribution in [3.63, 3.8) is 0 Å². The highest BCUT2D eigenvalue weighted by Crippen LogP contribution is 2.28. The van der Waals surface area contributed by atoms with Gasteiger partial charge in [-0.25, -0.2) is 12.8 Å². The van der Waals surface area contributed by atoms with E-state index in [1.165, 1.54) is 10.4 Å². The minimum atomic E-state index is -3.65. The predicted octanol–water partition coefficient (Wildman–Crippen LogP) is 2.62. The Morgan fingerprint density at radius 1 is 1.48 bits per heavy atom. The summed E-state index contributed by atoms with van der Waals surface area (Å²) in [5, 5.41) is 3.00. The van der Waals surface area contributed by atoms with E-state index >= 15 is 0 Å². The van der Waals surface area contributed by atoms with E-state index in [0.29, 0.717) is 37.7 Å². The Morgan fingerprint density at radius 2 is 2.19 bits per heavy atom. The monoisotopic (exact) mass is 334 g/mol. The van der Waals surface area contributed by atoms with E-state index in [1.54, 1.807) is 0 Å². The molecular weight excluding hydrogens is 315 g/mol. The minimum absolute atomic E-state index is 0.0218. The van der Waals surface area contributed by atoms with E-state index in [0.717, 1.165) is 12.5 Å². The zero-order valence-electron chi connectivity index (χ0n) is 12.2. The number of sulfonamides is 1. The molecular formula is C14H20ClFN2O2S. The molecule has 1 aromatic rings. The molecule has 1 N–H and O–H groups in total. The molecule has 21 heavy (non-hydrogen) atoms. The van der Waals surface area contributed by atoms with Gasteiger partial charge in [0.05, 0.1) is 9.92 Å². The second-order valence-corrected chi connectivity index (χ2v) is 7.73. The van der Waals surface area contributed by atoms with Crippen molar-refractivity contribution in [2.45, 2.75) is 31.7 Å². The third-order valence-electron chi connectivity index (χ3n) is 3.67. The van der Waals surface area contributed by atoms with Gasteiger partial charge in [0.15, 0.2) is 0 Å². The zero-order valence-corrected chi connectivity index (χ0v) is 13.8. The Bertz CT molecular complexity index is 622. The summed E-state index contributed by atoms with van der Waals surface area (Å²) in [5.74, 6) is -0.365. The van der Waals surface area contributed by atoms with Gasteiger partial charge in [0.2, 0.25) is 10.0 Å². The van der Waals surface area contributed by atoms with Crippen molar-refractivity contribution in [1.29, 1.82) is 0 Å². The van der Waals surface area contributed by atoms with Crippen LogP contribution in [0.1, 0.15) is 25.8 Å². The maximum absolute atomic E-state index is 13.9. The normalized spacial score (nSPS) is 20.1. The average molecular weight is 335 g/mol. The first kappa shape index (κ1) is 16.7. The number of hydrogen-bond acceptors (Lipinski definition) is 3. The van der Waals surface area contributed by atoms with Gasteiger partial charge in [-0.1, -0.05) is 25.4 Å². The first-order valence-electron chi connectivity index (χ1n) is 7.05. The van der Waals surface area contributed by atoms with E-state index in [9.17, 15) is 12.8 Å². The molecule has 1 unspecified atom stereocenters. The van der Waals surface area contributed by atoms with Gasteiger partial charge < -0.3 is 5.32 Å². The van der Waals surface area contributed by atoms with Crippen molar-refractivity contribution >= 4 is 21.6 Å². The van der Waals surface area contributed by atoms with Crippen molar-refractivity contribution in [3.05, 3.63) is 28.5 Å². The summed E-state index contributed by atoms with van der Waals surface area (Å²) in [6.07, 6.45) is 0.833. The van der Waals surface area contributed by atoms with Gasteiger partial charge >= 0.3 is 0 Å². The number of nitrogens with zero attached hydrogens (tertiary/aromatic N) is 1. The smallest absolute Gasteiger partial charge is 0.243 e. The molecule has 118 valence electrons. The zero-order chi connectivity index (χ0) is 15.6. The highest BCUT2D eigenvalue weighted by atomic mass is 35.5. The maximum atomic E-state index is 13.9. The molecule has 1 fully saturated rings. The van der Waals surface area contributed by atoms with Crippen LogP contribution in [0.4, 0.5) is 4.39 Å². The summed E-state index contributed by atoms with van der Waals surface area (Å²) < 4.78 is 40.5. The predicted molar refractivity (Wildman–Crippen MR) is 81.3 cm³/mol. The van der Waals surface area contributed by atoms with Gasteiger partial charge in [-0.3, -0.25) is 0 Å². The molecule has 0 amide bonds. The van der Waals surface area contributed by atoms with Gasteiger partial charge in [0.25, 0.3) is 0 Å². The number of hydrogen-bond donors (Lipinski definition) is 1. The molecule has 0 radical (unpaired) electrons. The number of benzene rings is 1. The van der Waals surface area contributed by atoms with Crippen LogP contribution in [0.15, 0.2) is 17.0 Å². The molecule has 0 spiro atoms.